The maximum absolute atomic E-state index is 12.7. The Morgan fingerprint density at radius 2 is 2.29 bits per heavy atom. The highest BCUT2D eigenvalue weighted by Crippen LogP contribution is 2.17. The molecule has 0 saturated carbocycles. The van der Waals surface area contributed by atoms with Crippen LogP contribution in [0.1, 0.15) is 5.56 Å². The standard InChI is InChI=1S/C10H10ClFN2/c1-7(13-2)14-6-8-3-4-9(12)5-10(8)11/h3-5,14H,1-2,6H2. The normalized spacial score (nSPS) is 9.57. The average Bonchev–Trinajstić information content (AvgIpc) is 2.16. The molecule has 1 aromatic carbocycles. The van der Waals surface area contributed by atoms with Gasteiger partial charge in [0.15, 0.2) is 0 Å². The van der Waals surface area contributed by atoms with Gasteiger partial charge in [-0.2, -0.15) is 0 Å². The quantitative estimate of drug-likeness (QED) is 0.763. The largest absolute Gasteiger partial charge is 0.366 e. The molecule has 0 bridgehead atoms. The van der Waals surface area contributed by atoms with Crippen LogP contribution in [0.15, 0.2) is 35.6 Å². The average molecular weight is 213 g/mol. The van der Waals surface area contributed by atoms with E-state index < -0.39 is 0 Å². The van der Waals surface area contributed by atoms with Crippen LogP contribution in [0.5, 0.6) is 0 Å². The maximum atomic E-state index is 12.7. The molecule has 0 fully saturated rings. The van der Waals surface area contributed by atoms with Crippen LogP contribution in [-0.4, -0.2) is 6.72 Å². The molecule has 14 heavy (non-hydrogen) atoms. The van der Waals surface area contributed by atoms with E-state index in [4.69, 9.17) is 11.6 Å². The van der Waals surface area contributed by atoms with Gasteiger partial charge in [-0.3, -0.25) is 0 Å². The Balaban J connectivity index is 2.68. The number of aliphatic imine (C=N–C) groups is 1. The molecular formula is C10H10ClFN2. The van der Waals surface area contributed by atoms with Crippen LogP contribution in [-0.2, 0) is 6.54 Å². The molecule has 1 N–H and O–H groups in total. The number of nitrogens with zero attached hydrogens (tertiary/aromatic N) is 1. The number of hydrogen-bond acceptors (Lipinski definition) is 2. The monoisotopic (exact) mass is 212 g/mol. The smallest absolute Gasteiger partial charge is 0.124 e. The first kappa shape index (κ1) is 10.7. The van der Waals surface area contributed by atoms with Gasteiger partial charge in [-0.25, -0.2) is 9.38 Å². The van der Waals surface area contributed by atoms with Gasteiger partial charge in [-0.15, -0.1) is 0 Å². The number of nitrogens with one attached hydrogen (secondary N) is 1. The third-order valence-corrected chi connectivity index (χ3v) is 2.04. The Bertz CT molecular complexity index is 363. The van der Waals surface area contributed by atoms with Crippen molar-refractivity contribution in [1.29, 1.82) is 0 Å². The van der Waals surface area contributed by atoms with Crippen molar-refractivity contribution in [2.24, 2.45) is 4.99 Å². The lowest BCUT2D eigenvalue weighted by Crippen LogP contribution is -2.10. The number of hydrogen-bond donors (Lipinski definition) is 1. The van der Waals surface area contributed by atoms with Crippen molar-refractivity contribution in [3.63, 3.8) is 0 Å². The second-order valence-corrected chi connectivity index (χ2v) is 3.10. The van der Waals surface area contributed by atoms with Crippen LogP contribution in [0.3, 0.4) is 0 Å². The topological polar surface area (TPSA) is 24.4 Å². The van der Waals surface area contributed by atoms with Crippen molar-refractivity contribution in [1.82, 2.24) is 5.32 Å². The fraction of sp³-hybridized carbons (Fsp3) is 0.100. The lowest BCUT2D eigenvalue weighted by Gasteiger charge is -2.06. The Labute approximate surface area is 87.1 Å². The van der Waals surface area contributed by atoms with Crippen LogP contribution in [0.4, 0.5) is 4.39 Å². The zero-order chi connectivity index (χ0) is 10.6. The lowest BCUT2D eigenvalue weighted by atomic mass is 10.2. The second-order valence-electron chi connectivity index (χ2n) is 2.69. The molecular weight excluding hydrogens is 203 g/mol. The molecule has 1 rings (SSSR count). The number of halogens is 2. The molecule has 0 spiro atoms. The van der Waals surface area contributed by atoms with E-state index in [0.717, 1.165) is 5.56 Å². The van der Waals surface area contributed by atoms with Crippen LogP contribution in [0.25, 0.3) is 0 Å². The predicted molar refractivity (Wildman–Crippen MR) is 56.9 cm³/mol. The molecule has 74 valence electrons. The molecule has 4 heteroatoms. The third kappa shape index (κ3) is 2.85. The first-order valence-electron chi connectivity index (χ1n) is 3.97. The third-order valence-electron chi connectivity index (χ3n) is 1.69. The van der Waals surface area contributed by atoms with E-state index in [2.05, 4.69) is 23.6 Å². The van der Waals surface area contributed by atoms with Crippen LogP contribution in [0, 0.1) is 5.82 Å². The summed E-state index contributed by atoms with van der Waals surface area (Å²) in [4.78, 5) is 3.58. The van der Waals surface area contributed by atoms with Crippen molar-refractivity contribution in [3.05, 3.63) is 47.0 Å². The molecule has 0 radical (unpaired) electrons. The van der Waals surface area contributed by atoms with E-state index in [1.54, 1.807) is 6.07 Å². The van der Waals surface area contributed by atoms with E-state index in [9.17, 15) is 4.39 Å². The Morgan fingerprint density at radius 3 is 2.86 bits per heavy atom. The highest BCUT2D eigenvalue weighted by atomic mass is 35.5. The van der Waals surface area contributed by atoms with Crippen molar-refractivity contribution in [2.75, 3.05) is 0 Å². The van der Waals surface area contributed by atoms with Gasteiger partial charge in [0.05, 0.1) is 0 Å². The predicted octanol–water partition coefficient (Wildman–Crippen LogP) is 2.74. The zero-order valence-electron chi connectivity index (χ0n) is 7.56. The lowest BCUT2D eigenvalue weighted by molar-refractivity contribution is 0.626. The maximum Gasteiger partial charge on any atom is 0.124 e. The SMILES string of the molecule is C=NC(=C)NCc1ccc(F)cc1Cl. The number of benzene rings is 1. The van der Waals surface area contributed by atoms with Gasteiger partial charge in [0.1, 0.15) is 11.6 Å². The van der Waals surface area contributed by atoms with Crippen LogP contribution < -0.4 is 5.32 Å². The molecule has 0 heterocycles. The van der Waals surface area contributed by atoms with Crippen molar-refractivity contribution >= 4 is 18.3 Å². The molecule has 0 aliphatic heterocycles. The van der Waals surface area contributed by atoms with E-state index in [0.29, 0.717) is 17.4 Å². The summed E-state index contributed by atoms with van der Waals surface area (Å²) in [6, 6.07) is 4.23. The van der Waals surface area contributed by atoms with E-state index in [1.807, 2.05) is 0 Å². The summed E-state index contributed by atoms with van der Waals surface area (Å²) in [5.41, 5.74) is 0.790. The molecule has 0 aromatic heterocycles. The fourth-order valence-electron chi connectivity index (χ4n) is 0.918. The molecule has 1 aromatic rings. The highest BCUT2D eigenvalue weighted by Gasteiger charge is 2.01. The van der Waals surface area contributed by atoms with Crippen LogP contribution >= 0.6 is 11.6 Å². The van der Waals surface area contributed by atoms with E-state index in [1.165, 1.54) is 12.1 Å². The summed E-state index contributed by atoms with van der Waals surface area (Å²) in [6.07, 6.45) is 0. The van der Waals surface area contributed by atoms with E-state index >= 15 is 0 Å². The summed E-state index contributed by atoms with van der Waals surface area (Å²) in [6.45, 7) is 7.34. The Kier molecular flexibility index (Phi) is 3.65. The highest BCUT2D eigenvalue weighted by molar-refractivity contribution is 6.31. The summed E-state index contributed by atoms with van der Waals surface area (Å²) < 4.78 is 12.7. The second kappa shape index (κ2) is 4.77. The van der Waals surface area contributed by atoms with Gasteiger partial charge in [-0.1, -0.05) is 24.2 Å². The molecule has 0 aliphatic carbocycles. The van der Waals surface area contributed by atoms with E-state index in [-0.39, 0.29) is 5.82 Å². The Morgan fingerprint density at radius 1 is 1.57 bits per heavy atom. The minimum absolute atomic E-state index is 0.348. The molecule has 0 amide bonds. The molecule has 0 aliphatic rings. The fourth-order valence-corrected chi connectivity index (χ4v) is 1.15. The first-order chi connectivity index (χ1) is 6.63. The van der Waals surface area contributed by atoms with Gasteiger partial charge < -0.3 is 5.32 Å². The van der Waals surface area contributed by atoms with Crippen molar-refractivity contribution < 1.29 is 4.39 Å². The van der Waals surface area contributed by atoms with Gasteiger partial charge in [0.25, 0.3) is 0 Å². The summed E-state index contributed by atoms with van der Waals surface area (Å²) >= 11 is 5.80. The molecule has 0 unspecified atom stereocenters. The van der Waals surface area contributed by atoms with Crippen molar-refractivity contribution in [3.8, 4) is 0 Å². The van der Waals surface area contributed by atoms with Gasteiger partial charge in [-0.05, 0) is 24.4 Å². The van der Waals surface area contributed by atoms with Gasteiger partial charge >= 0.3 is 0 Å². The molecule has 0 saturated heterocycles. The minimum atomic E-state index is -0.348. The summed E-state index contributed by atoms with van der Waals surface area (Å²) in [7, 11) is 0. The Hall–Kier alpha value is -1.35. The molecule has 0 atom stereocenters. The molecule has 2 nitrogen and oxygen atoms in total. The summed E-state index contributed by atoms with van der Waals surface area (Å²) in [5.74, 6) is 0.116. The van der Waals surface area contributed by atoms with Gasteiger partial charge in [0, 0.05) is 11.6 Å². The first-order valence-corrected chi connectivity index (χ1v) is 4.34. The minimum Gasteiger partial charge on any atom is -0.366 e. The van der Waals surface area contributed by atoms with Crippen LogP contribution in [0.2, 0.25) is 5.02 Å². The summed E-state index contributed by atoms with van der Waals surface area (Å²) in [5, 5.41) is 3.26. The zero-order valence-corrected chi connectivity index (χ0v) is 8.31. The van der Waals surface area contributed by atoms with Gasteiger partial charge in [0.2, 0.25) is 0 Å². The van der Waals surface area contributed by atoms with Crippen molar-refractivity contribution in [2.45, 2.75) is 6.54 Å². The number of rotatable bonds is 4.